The molecule has 0 amide bonds. The van der Waals surface area contributed by atoms with Gasteiger partial charge in [0.05, 0.1) is 0 Å². The van der Waals surface area contributed by atoms with Crippen molar-refractivity contribution in [3.8, 4) is 0 Å². The van der Waals surface area contributed by atoms with Gasteiger partial charge in [-0.1, -0.05) is 0 Å². The van der Waals surface area contributed by atoms with Crippen molar-refractivity contribution >= 4 is 40.5 Å². The fraction of sp³-hybridized carbons (Fsp3) is 0. The summed E-state index contributed by atoms with van der Waals surface area (Å²) in [6.45, 7) is 0. The van der Waals surface area contributed by atoms with E-state index in [2.05, 4.69) is 0 Å². The molecule has 0 spiro atoms. The second-order valence-corrected chi connectivity index (χ2v) is 14.7. The summed E-state index contributed by atoms with van der Waals surface area (Å²) in [4.78, 5) is -9.50. The van der Waals surface area contributed by atoms with Crippen LogP contribution in [-0.4, -0.2) is 51.9 Å². The number of halogens is 20. The van der Waals surface area contributed by atoms with Gasteiger partial charge in [-0.05, 0) is 0 Å². The topological polar surface area (TPSA) is 229 Å². The van der Waals surface area contributed by atoms with Crippen LogP contribution in [0.15, 0.2) is 19.6 Å². The van der Waals surface area contributed by atoms with Gasteiger partial charge in [0.2, 0.25) is 23.3 Å². The van der Waals surface area contributed by atoms with Gasteiger partial charge in [0.25, 0.3) is 0 Å². The molecule has 61 heavy (non-hydrogen) atoms. The number of benzene rings is 4. The van der Waals surface area contributed by atoms with Gasteiger partial charge >= 0.3 is 21.7 Å². The molecule has 0 unspecified atom stereocenters. The molecule has 0 aliphatic rings. The maximum absolute atomic E-state index is 12.6. The number of hydrogen-bond donors (Lipinski definition) is 0. The molecule has 4 rings (SSSR count). The SMILES string of the molecule is O=S(=O)([O-])c1c(F)c(F)c(F)c(F)c1F.O=S(=O)([O-])c1c(F)c(F)c(F)c(F)c1F.O=S(=O)([O-])c1c(F)c(F)c(F)c(F)c1F.O=S(=O)([O-])c1c(F)c(F)c(F)c(F)c1F.[Ti+4]. The Hall–Kier alpha value is -4.17. The molecule has 12 nitrogen and oxygen atoms in total. The molecule has 0 aromatic heterocycles. The van der Waals surface area contributed by atoms with Crippen molar-refractivity contribution in [2.24, 2.45) is 0 Å². The van der Waals surface area contributed by atoms with E-state index in [1.165, 1.54) is 0 Å². The fourth-order valence-electron chi connectivity index (χ4n) is 3.22. The first-order chi connectivity index (χ1) is 26.7. The molecule has 0 N–H and O–H groups in total. The zero-order valence-electron chi connectivity index (χ0n) is 26.6. The molecule has 0 aliphatic heterocycles. The Kier molecular flexibility index (Phi) is 18.5. The van der Waals surface area contributed by atoms with Crippen LogP contribution < -0.4 is 0 Å². The molecule has 37 heteroatoms. The minimum absolute atomic E-state index is 0. The van der Waals surface area contributed by atoms with E-state index in [-0.39, 0.29) is 21.7 Å². The summed E-state index contributed by atoms with van der Waals surface area (Å²) < 4.78 is 372. The molecule has 0 aliphatic carbocycles. The molecule has 0 radical (unpaired) electrons. The Morgan fingerprint density at radius 2 is 0.262 bits per heavy atom. The Morgan fingerprint density at radius 3 is 0.328 bits per heavy atom. The molecule has 0 atom stereocenters. The molecular weight excluding hydrogens is 1040 g/mol. The first kappa shape index (κ1) is 56.8. The summed E-state index contributed by atoms with van der Waals surface area (Å²) >= 11 is 0. The molecule has 4 aromatic rings. The predicted molar refractivity (Wildman–Crippen MR) is 137 cm³/mol. The van der Waals surface area contributed by atoms with E-state index in [0.29, 0.717) is 0 Å². The van der Waals surface area contributed by atoms with Crippen LogP contribution in [0.4, 0.5) is 87.8 Å². The van der Waals surface area contributed by atoms with Gasteiger partial charge in [-0.15, -0.1) is 0 Å². The molecule has 0 heterocycles. The van der Waals surface area contributed by atoms with Gasteiger partial charge < -0.3 is 18.2 Å². The average Bonchev–Trinajstić information content (AvgIpc) is 3.10. The maximum Gasteiger partial charge on any atom is 4.00 e. The van der Waals surface area contributed by atoms with E-state index in [4.69, 9.17) is 0 Å². The van der Waals surface area contributed by atoms with Gasteiger partial charge in [-0.2, -0.15) is 0 Å². The van der Waals surface area contributed by atoms with E-state index in [1.807, 2.05) is 0 Å². The monoisotopic (exact) mass is 1040 g/mol. The van der Waals surface area contributed by atoms with Crippen LogP contribution in [0, 0.1) is 116 Å². The van der Waals surface area contributed by atoms with Gasteiger partial charge in [-0.25, -0.2) is 121 Å². The number of hydrogen-bond acceptors (Lipinski definition) is 12. The van der Waals surface area contributed by atoms with Crippen molar-refractivity contribution in [1.29, 1.82) is 0 Å². The summed E-state index contributed by atoms with van der Waals surface area (Å²) in [6.07, 6.45) is 0. The third kappa shape index (κ3) is 12.1. The Bertz CT molecular complexity index is 2380. The molecule has 0 fully saturated rings. The number of rotatable bonds is 4. The van der Waals surface area contributed by atoms with E-state index < -0.39 is 176 Å². The molecule has 4 aromatic carbocycles. The third-order valence-corrected chi connectivity index (χ3v) is 9.11. The quantitative estimate of drug-likeness (QED) is 0.0851. The maximum atomic E-state index is 12.6. The van der Waals surface area contributed by atoms with Crippen LogP contribution in [0.25, 0.3) is 0 Å². The second-order valence-electron chi connectivity index (χ2n) is 9.41. The van der Waals surface area contributed by atoms with E-state index >= 15 is 0 Å². The Labute approximate surface area is 336 Å². The van der Waals surface area contributed by atoms with Crippen molar-refractivity contribution in [3.05, 3.63) is 116 Å². The van der Waals surface area contributed by atoms with E-state index in [0.717, 1.165) is 0 Å². The Balaban J connectivity index is 0.000000783. The Morgan fingerprint density at radius 1 is 0.197 bits per heavy atom. The molecule has 0 saturated carbocycles. The van der Waals surface area contributed by atoms with Crippen LogP contribution in [0.2, 0.25) is 0 Å². The van der Waals surface area contributed by atoms with Crippen molar-refractivity contribution < 1.29 is 161 Å². The molecule has 0 bridgehead atoms. The average molecular weight is 1040 g/mol. The molecule has 0 saturated heterocycles. The minimum atomic E-state index is -5.77. The summed E-state index contributed by atoms with van der Waals surface area (Å²) in [6, 6.07) is 0. The summed E-state index contributed by atoms with van der Waals surface area (Å²) in [7, 11) is -23.1. The van der Waals surface area contributed by atoms with Crippen molar-refractivity contribution in [2.45, 2.75) is 19.6 Å². The van der Waals surface area contributed by atoms with Crippen LogP contribution in [0.5, 0.6) is 0 Å². The predicted octanol–water partition coefficient (Wildman–Crippen LogP) is 5.14. The van der Waals surface area contributed by atoms with Gasteiger partial charge in [0.15, 0.2) is 93.1 Å². The fourth-order valence-corrected chi connectivity index (χ4v) is 5.69. The third-order valence-electron chi connectivity index (χ3n) is 5.68. The van der Waals surface area contributed by atoms with Crippen molar-refractivity contribution in [2.75, 3.05) is 0 Å². The van der Waals surface area contributed by atoms with Gasteiger partial charge in [0.1, 0.15) is 60.1 Å². The van der Waals surface area contributed by atoms with Crippen molar-refractivity contribution in [1.82, 2.24) is 0 Å². The van der Waals surface area contributed by atoms with E-state index in [1.54, 1.807) is 0 Å². The zero-order chi connectivity index (χ0) is 47.9. The van der Waals surface area contributed by atoms with Crippen LogP contribution in [0.3, 0.4) is 0 Å². The first-order valence-electron chi connectivity index (χ1n) is 12.6. The standard InChI is InChI=1S/4C6HF5O3S.Ti/c4*7-1-2(8)4(10)6(15(12,13)14)5(11)3(1)9;/h4*(H,12,13,14);/q;;;;+4/p-4. The second kappa shape index (κ2) is 19.9. The van der Waals surface area contributed by atoms with Crippen LogP contribution >= 0.6 is 0 Å². The summed E-state index contributed by atoms with van der Waals surface area (Å²) in [5, 5.41) is 0. The summed E-state index contributed by atoms with van der Waals surface area (Å²) in [5.41, 5.74) is 0. The molecular formula is C24F20O12S4Ti. The minimum Gasteiger partial charge on any atom is -0.744 e. The van der Waals surface area contributed by atoms with Gasteiger partial charge in [-0.3, -0.25) is 0 Å². The van der Waals surface area contributed by atoms with E-state index in [9.17, 15) is 140 Å². The van der Waals surface area contributed by atoms with Gasteiger partial charge in [0, 0.05) is 0 Å². The molecule has 336 valence electrons. The normalized spacial score (nSPS) is 11.7. The summed E-state index contributed by atoms with van der Waals surface area (Å²) in [5.74, 6) is -51.3. The first-order valence-corrected chi connectivity index (χ1v) is 18.2. The largest absolute Gasteiger partial charge is 4.00 e. The van der Waals surface area contributed by atoms with Crippen LogP contribution in [-0.2, 0) is 62.2 Å². The zero-order valence-corrected chi connectivity index (χ0v) is 31.4. The van der Waals surface area contributed by atoms with Crippen LogP contribution in [0.1, 0.15) is 0 Å². The van der Waals surface area contributed by atoms with Crippen molar-refractivity contribution in [3.63, 3.8) is 0 Å². The smallest absolute Gasteiger partial charge is 0.744 e.